The summed E-state index contributed by atoms with van der Waals surface area (Å²) in [6.07, 6.45) is 1.56. The Kier molecular flexibility index (Phi) is 7.05. The van der Waals surface area contributed by atoms with Crippen molar-refractivity contribution in [3.05, 3.63) is 46.1 Å². The number of rotatable bonds is 6. The minimum atomic E-state index is 0.462. The van der Waals surface area contributed by atoms with Crippen LogP contribution in [-0.2, 0) is 0 Å². The molecule has 24 heavy (non-hydrogen) atoms. The third-order valence-electron chi connectivity index (χ3n) is 3.03. The number of hydrazone groups is 1. The molecule has 0 aliphatic carbocycles. The van der Waals surface area contributed by atoms with Crippen molar-refractivity contribution in [2.45, 2.75) is 0 Å². The maximum absolute atomic E-state index is 6.02. The van der Waals surface area contributed by atoms with Gasteiger partial charge in [0.2, 0.25) is 0 Å². The van der Waals surface area contributed by atoms with Crippen LogP contribution in [0.5, 0.6) is 0 Å². The molecule has 0 unspecified atom stereocenters. The van der Waals surface area contributed by atoms with Crippen molar-refractivity contribution in [1.29, 1.82) is 0 Å². The number of hydrogen-bond acceptors (Lipinski definition) is 4. The van der Waals surface area contributed by atoms with Gasteiger partial charge in [0.25, 0.3) is 0 Å². The highest BCUT2D eigenvalue weighted by Gasteiger charge is 2.06. The molecule has 2 N–H and O–H groups in total. The first-order chi connectivity index (χ1) is 11.5. The third kappa shape index (κ3) is 5.79. The van der Waals surface area contributed by atoms with Gasteiger partial charge in [0.1, 0.15) is 11.5 Å². The van der Waals surface area contributed by atoms with E-state index in [-0.39, 0.29) is 0 Å². The highest BCUT2D eigenvalue weighted by atomic mass is 35.5. The second kappa shape index (κ2) is 9.03. The molecule has 1 aromatic heterocycles. The van der Waals surface area contributed by atoms with Crippen LogP contribution in [0.3, 0.4) is 0 Å². The van der Waals surface area contributed by atoms with E-state index in [0.717, 1.165) is 18.7 Å². The number of halogens is 2. The van der Waals surface area contributed by atoms with Gasteiger partial charge in [-0.05, 0) is 56.6 Å². The molecule has 0 amide bonds. The van der Waals surface area contributed by atoms with Gasteiger partial charge in [-0.25, -0.2) is 0 Å². The first kappa shape index (κ1) is 18.7. The van der Waals surface area contributed by atoms with Crippen molar-refractivity contribution >= 4 is 46.7 Å². The molecule has 0 aliphatic rings. The molecule has 0 atom stereocenters. The molecule has 2 aromatic rings. The fourth-order valence-electron chi connectivity index (χ4n) is 1.81. The van der Waals surface area contributed by atoms with E-state index in [1.165, 1.54) is 0 Å². The average Bonchev–Trinajstić information content (AvgIpc) is 2.98. The molecule has 8 heteroatoms. The van der Waals surface area contributed by atoms with Crippen LogP contribution in [0.15, 0.2) is 39.9 Å². The molecule has 0 aliphatic heterocycles. The molecule has 0 fully saturated rings. The van der Waals surface area contributed by atoms with Crippen LogP contribution < -0.4 is 10.7 Å². The predicted molar refractivity (Wildman–Crippen MR) is 104 cm³/mol. The van der Waals surface area contributed by atoms with Gasteiger partial charge in [0.15, 0.2) is 5.11 Å². The fraction of sp³-hybridized carbons (Fsp3) is 0.250. The van der Waals surface area contributed by atoms with Gasteiger partial charge in [0.05, 0.1) is 16.3 Å². The van der Waals surface area contributed by atoms with Crippen molar-refractivity contribution < 1.29 is 4.42 Å². The van der Waals surface area contributed by atoms with E-state index in [1.54, 1.807) is 18.3 Å². The number of nitrogens with zero attached hydrogens (tertiary/aromatic N) is 2. The second-order valence-corrected chi connectivity index (χ2v) is 6.48. The van der Waals surface area contributed by atoms with Gasteiger partial charge in [-0.1, -0.05) is 23.2 Å². The van der Waals surface area contributed by atoms with Gasteiger partial charge in [0, 0.05) is 18.7 Å². The molecule has 0 saturated carbocycles. The zero-order chi connectivity index (χ0) is 17.5. The summed E-state index contributed by atoms with van der Waals surface area (Å²) in [5.74, 6) is 1.28. The third-order valence-corrected chi connectivity index (χ3v) is 4.01. The number of likely N-dealkylation sites (N-methyl/N-ethyl adjacent to an activating group) is 1. The van der Waals surface area contributed by atoms with E-state index in [4.69, 9.17) is 39.8 Å². The summed E-state index contributed by atoms with van der Waals surface area (Å²) in [4.78, 5) is 2.06. The first-order valence-electron chi connectivity index (χ1n) is 7.22. The number of furan rings is 1. The molecule has 2 rings (SSSR count). The number of thiocarbonyl (C=S) groups is 1. The van der Waals surface area contributed by atoms with Crippen LogP contribution in [0.4, 0.5) is 0 Å². The van der Waals surface area contributed by atoms with E-state index < -0.39 is 0 Å². The van der Waals surface area contributed by atoms with Gasteiger partial charge < -0.3 is 14.6 Å². The predicted octanol–water partition coefficient (Wildman–Crippen LogP) is 3.61. The van der Waals surface area contributed by atoms with Crippen LogP contribution in [-0.4, -0.2) is 43.4 Å². The van der Waals surface area contributed by atoms with Crippen LogP contribution >= 0.6 is 35.4 Å². The van der Waals surface area contributed by atoms with E-state index in [2.05, 4.69) is 20.7 Å². The van der Waals surface area contributed by atoms with Gasteiger partial charge in [-0.15, -0.1) is 0 Å². The summed E-state index contributed by atoms with van der Waals surface area (Å²) < 4.78 is 5.70. The molecule has 0 bridgehead atoms. The molecule has 1 aromatic carbocycles. The Morgan fingerprint density at radius 1 is 1.25 bits per heavy atom. The topological polar surface area (TPSA) is 52.8 Å². The van der Waals surface area contributed by atoms with Gasteiger partial charge >= 0.3 is 0 Å². The van der Waals surface area contributed by atoms with Crippen LogP contribution in [0.25, 0.3) is 11.3 Å². The largest absolute Gasteiger partial charge is 0.455 e. The Morgan fingerprint density at radius 2 is 2.04 bits per heavy atom. The van der Waals surface area contributed by atoms with Crippen molar-refractivity contribution in [2.75, 3.05) is 27.2 Å². The minimum Gasteiger partial charge on any atom is -0.455 e. The Bertz CT molecular complexity index is 731. The monoisotopic (exact) mass is 384 g/mol. The molecular formula is C16H18Cl2N4OS. The number of benzene rings is 1. The van der Waals surface area contributed by atoms with Crippen molar-refractivity contribution in [2.24, 2.45) is 5.10 Å². The highest BCUT2D eigenvalue weighted by Crippen LogP contribution is 2.29. The molecule has 5 nitrogen and oxygen atoms in total. The van der Waals surface area contributed by atoms with Crippen LogP contribution in [0, 0.1) is 0 Å². The summed E-state index contributed by atoms with van der Waals surface area (Å²) in [5, 5.41) is 8.55. The lowest BCUT2D eigenvalue weighted by molar-refractivity contribution is 0.412. The summed E-state index contributed by atoms with van der Waals surface area (Å²) in [6.45, 7) is 1.63. The Labute approximate surface area is 156 Å². The standard InChI is InChI=1S/C16H18Cl2N4OS/c1-22(2)8-7-19-16(24)21-20-10-12-4-6-15(23-12)11-3-5-13(17)14(18)9-11/h3-6,9-10H,7-8H2,1-2H3,(H2,19,21,24)/b20-10+. The zero-order valence-electron chi connectivity index (χ0n) is 13.3. The lowest BCUT2D eigenvalue weighted by atomic mass is 10.2. The van der Waals surface area contributed by atoms with E-state index in [0.29, 0.717) is 26.7 Å². The molecule has 1 heterocycles. The van der Waals surface area contributed by atoms with E-state index >= 15 is 0 Å². The fourth-order valence-corrected chi connectivity index (χ4v) is 2.27. The Morgan fingerprint density at radius 3 is 2.75 bits per heavy atom. The number of hydrogen-bond donors (Lipinski definition) is 2. The molecular weight excluding hydrogens is 367 g/mol. The lowest BCUT2D eigenvalue weighted by Gasteiger charge is -2.11. The Hall–Kier alpha value is -1.60. The van der Waals surface area contributed by atoms with E-state index in [1.807, 2.05) is 32.3 Å². The average molecular weight is 385 g/mol. The van der Waals surface area contributed by atoms with Crippen molar-refractivity contribution in [1.82, 2.24) is 15.6 Å². The second-order valence-electron chi connectivity index (χ2n) is 5.26. The number of nitrogens with one attached hydrogen (secondary N) is 2. The van der Waals surface area contributed by atoms with Gasteiger partial charge in [-0.3, -0.25) is 5.43 Å². The summed E-state index contributed by atoms with van der Waals surface area (Å²) in [5.41, 5.74) is 3.59. The molecule has 0 radical (unpaired) electrons. The lowest BCUT2D eigenvalue weighted by Crippen LogP contribution is -2.36. The summed E-state index contributed by atoms with van der Waals surface area (Å²) in [6, 6.07) is 8.98. The maximum Gasteiger partial charge on any atom is 0.187 e. The quantitative estimate of drug-likeness (QED) is 0.452. The van der Waals surface area contributed by atoms with Crippen LogP contribution in [0.1, 0.15) is 5.76 Å². The first-order valence-corrected chi connectivity index (χ1v) is 8.39. The normalized spacial score (nSPS) is 11.2. The zero-order valence-corrected chi connectivity index (χ0v) is 15.7. The van der Waals surface area contributed by atoms with Crippen molar-refractivity contribution in [3.63, 3.8) is 0 Å². The maximum atomic E-state index is 6.02. The SMILES string of the molecule is CN(C)CCNC(=S)N/N=C/c1ccc(-c2ccc(Cl)c(Cl)c2)o1. The van der Waals surface area contributed by atoms with Crippen molar-refractivity contribution in [3.8, 4) is 11.3 Å². The summed E-state index contributed by atoms with van der Waals surface area (Å²) in [7, 11) is 4.00. The summed E-state index contributed by atoms with van der Waals surface area (Å²) >= 11 is 17.0. The molecule has 0 spiro atoms. The highest BCUT2D eigenvalue weighted by molar-refractivity contribution is 7.80. The smallest absolute Gasteiger partial charge is 0.187 e. The van der Waals surface area contributed by atoms with E-state index in [9.17, 15) is 0 Å². The van der Waals surface area contributed by atoms with Crippen LogP contribution in [0.2, 0.25) is 10.0 Å². The molecule has 0 saturated heterocycles. The van der Waals surface area contributed by atoms with Gasteiger partial charge in [-0.2, -0.15) is 5.10 Å². The molecule has 128 valence electrons. The minimum absolute atomic E-state index is 0.462. The Balaban J connectivity index is 1.89.